The van der Waals surface area contributed by atoms with Crippen molar-refractivity contribution < 1.29 is 14.6 Å². The van der Waals surface area contributed by atoms with Crippen LogP contribution in [-0.4, -0.2) is 44.9 Å². The summed E-state index contributed by atoms with van der Waals surface area (Å²) < 4.78 is 7.89. The zero-order chi connectivity index (χ0) is 24.8. The molecule has 0 aliphatic heterocycles. The number of ether oxygens (including phenoxy) is 1. The molecule has 2 N–H and O–H groups in total. The van der Waals surface area contributed by atoms with Gasteiger partial charge in [-0.15, -0.1) is 10.2 Å². The lowest BCUT2D eigenvalue weighted by Crippen LogP contribution is -2.20. The predicted octanol–water partition coefficient (Wildman–Crippen LogP) is 5.31. The second-order valence-corrected chi connectivity index (χ2v) is 9.43. The van der Waals surface area contributed by atoms with Crippen LogP contribution in [0.25, 0.3) is 17.1 Å². The van der Waals surface area contributed by atoms with Crippen molar-refractivity contribution in [1.82, 2.24) is 20.2 Å². The van der Waals surface area contributed by atoms with E-state index in [1.54, 1.807) is 31.4 Å². The number of nitrogens with one attached hydrogen (secondary N) is 1. The van der Waals surface area contributed by atoms with Gasteiger partial charge in [-0.05, 0) is 66.7 Å². The van der Waals surface area contributed by atoms with Crippen molar-refractivity contribution in [1.29, 1.82) is 0 Å². The van der Waals surface area contributed by atoms with E-state index in [-0.39, 0.29) is 17.4 Å². The number of hydrogen-bond donors (Lipinski definition) is 2. The first-order chi connectivity index (χ1) is 16.9. The highest BCUT2D eigenvalue weighted by atomic mass is 79.9. The van der Waals surface area contributed by atoms with Gasteiger partial charge in [0.1, 0.15) is 11.5 Å². The summed E-state index contributed by atoms with van der Waals surface area (Å²) in [5.41, 5.74) is 4.57. The maximum atomic E-state index is 12.4. The monoisotopic (exact) mass is 571 g/mol. The summed E-state index contributed by atoms with van der Waals surface area (Å²) in [6.45, 7) is 0. The van der Waals surface area contributed by atoms with Crippen molar-refractivity contribution in [3.8, 4) is 28.6 Å². The van der Waals surface area contributed by atoms with E-state index < -0.39 is 0 Å². The minimum atomic E-state index is -0.336. The molecule has 1 amide bonds. The quantitative estimate of drug-likeness (QED) is 0.169. The Morgan fingerprint density at radius 3 is 2.63 bits per heavy atom. The molecule has 4 rings (SSSR count). The third-order valence-corrected chi connectivity index (χ3v) is 6.46. The Kier molecular flexibility index (Phi) is 8.06. The Morgan fingerprint density at radius 1 is 1.17 bits per heavy atom. The third-order valence-electron chi connectivity index (χ3n) is 4.78. The molecule has 0 atom stereocenters. The van der Waals surface area contributed by atoms with E-state index in [9.17, 15) is 9.90 Å². The molecule has 0 spiro atoms. The molecule has 11 heteroatoms. The van der Waals surface area contributed by atoms with Crippen LogP contribution in [0.5, 0.6) is 11.5 Å². The first-order valence-electron chi connectivity index (χ1n) is 10.2. The van der Waals surface area contributed by atoms with Gasteiger partial charge in [0.2, 0.25) is 0 Å². The van der Waals surface area contributed by atoms with E-state index in [1.165, 1.54) is 24.0 Å². The average Bonchev–Trinajstić information content (AvgIpc) is 3.29. The van der Waals surface area contributed by atoms with E-state index in [2.05, 4.69) is 36.7 Å². The molecular weight excluding hydrogens is 554 g/mol. The zero-order valence-corrected chi connectivity index (χ0v) is 21.5. The number of benzene rings is 3. The largest absolute Gasteiger partial charge is 0.507 e. The Balaban J connectivity index is 1.52. The van der Waals surface area contributed by atoms with Gasteiger partial charge in [-0.1, -0.05) is 39.3 Å². The molecule has 1 aromatic heterocycles. The molecular formula is C24H19BrClN5O3S. The van der Waals surface area contributed by atoms with Crippen molar-refractivity contribution in [2.24, 2.45) is 5.10 Å². The molecule has 178 valence electrons. The molecule has 0 saturated carbocycles. The number of methoxy groups -OCH3 is 1. The van der Waals surface area contributed by atoms with Crippen LogP contribution in [0.1, 0.15) is 5.56 Å². The standard InChI is InChI=1S/C24H19BrClN5O3S/c1-34-20-9-2-15(3-10-20)23-29-30-24(31(23)19-7-5-18(26)6-8-19)35-14-22(33)28-27-13-16-12-17(25)4-11-21(16)32/h2-13,32H,14H2,1H3,(H,28,33)/b27-13-. The van der Waals surface area contributed by atoms with E-state index in [0.29, 0.717) is 21.6 Å². The Labute approximate surface area is 219 Å². The molecule has 0 fully saturated rings. The average molecular weight is 573 g/mol. The number of nitrogens with zero attached hydrogens (tertiary/aromatic N) is 4. The van der Waals surface area contributed by atoms with Crippen LogP contribution in [0, 0.1) is 0 Å². The van der Waals surface area contributed by atoms with Crippen LogP contribution in [0.3, 0.4) is 0 Å². The number of phenolic OH excluding ortho intramolecular Hbond substituents is 1. The summed E-state index contributed by atoms with van der Waals surface area (Å²) in [5, 5.41) is 23.6. The van der Waals surface area contributed by atoms with Crippen molar-refractivity contribution in [2.75, 3.05) is 12.9 Å². The number of phenols is 1. The zero-order valence-electron chi connectivity index (χ0n) is 18.4. The highest BCUT2D eigenvalue weighted by molar-refractivity contribution is 9.10. The molecule has 1 heterocycles. The van der Waals surface area contributed by atoms with Crippen molar-refractivity contribution in [2.45, 2.75) is 5.16 Å². The van der Waals surface area contributed by atoms with Gasteiger partial charge in [0.25, 0.3) is 5.91 Å². The summed E-state index contributed by atoms with van der Waals surface area (Å²) in [6.07, 6.45) is 1.38. The molecule has 0 unspecified atom stereocenters. The van der Waals surface area contributed by atoms with Crippen LogP contribution in [-0.2, 0) is 4.79 Å². The van der Waals surface area contributed by atoms with E-state index in [4.69, 9.17) is 16.3 Å². The van der Waals surface area contributed by atoms with Gasteiger partial charge in [0.15, 0.2) is 11.0 Å². The molecule has 0 aliphatic carbocycles. The molecule has 0 saturated heterocycles. The van der Waals surface area contributed by atoms with Crippen LogP contribution in [0.4, 0.5) is 0 Å². The number of rotatable bonds is 8. The maximum absolute atomic E-state index is 12.4. The van der Waals surface area contributed by atoms with Gasteiger partial charge in [-0.3, -0.25) is 9.36 Å². The van der Waals surface area contributed by atoms with Gasteiger partial charge in [-0.25, -0.2) is 5.43 Å². The fourth-order valence-corrected chi connectivity index (χ4v) is 4.33. The van der Waals surface area contributed by atoms with E-state index >= 15 is 0 Å². The maximum Gasteiger partial charge on any atom is 0.250 e. The molecule has 0 bridgehead atoms. The highest BCUT2D eigenvalue weighted by Gasteiger charge is 2.17. The number of hydrazone groups is 1. The summed E-state index contributed by atoms with van der Waals surface area (Å²) in [4.78, 5) is 12.4. The van der Waals surface area contributed by atoms with E-state index in [1.807, 2.05) is 41.0 Å². The van der Waals surface area contributed by atoms with Crippen LogP contribution >= 0.6 is 39.3 Å². The highest BCUT2D eigenvalue weighted by Crippen LogP contribution is 2.29. The second-order valence-electron chi connectivity index (χ2n) is 7.13. The smallest absolute Gasteiger partial charge is 0.250 e. The number of hydrogen-bond acceptors (Lipinski definition) is 7. The van der Waals surface area contributed by atoms with Gasteiger partial charge in [0, 0.05) is 26.3 Å². The Morgan fingerprint density at radius 2 is 1.91 bits per heavy atom. The molecule has 35 heavy (non-hydrogen) atoms. The number of carbonyl (C=O) groups excluding carboxylic acids is 1. The lowest BCUT2D eigenvalue weighted by Gasteiger charge is -2.11. The molecule has 4 aromatic rings. The Bertz CT molecular complexity index is 1360. The van der Waals surface area contributed by atoms with Gasteiger partial charge in [0.05, 0.1) is 19.1 Å². The normalized spacial score (nSPS) is 11.1. The van der Waals surface area contributed by atoms with Gasteiger partial charge < -0.3 is 9.84 Å². The number of halogens is 2. The molecule has 0 aliphatic rings. The van der Waals surface area contributed by atoms with Crippen molar-refractivity contribution >= 4 is 51.4 Å². The number of aromatic nitrogens is 3. The summed E-state index contributed by atoms with van der Waals surface area (Å²) >= 11 is 10.6. The first-order valence-corrected chi connectivity index (χ1v) is 12.4. The lowest BCUT2D eigenvalue weighted by atomic mass is 10.2. The minimum Gasteiger partial charge on any atom is -0.507 e. The summed E-state index contributed by atoms with van der Waals surface area (Å²) in [6, 6.07) is 19.7. The number of carbonyl (C=O) groups is 1. The number of thioether (sulfide) groups is 1. The molecule has 8 nitrogen and oxygen atoms in total. The van der Waals surface area contributed by atoms with Crippen LogP contribution < -0.4 is 10.2 Å². The van der Waals surface area contributed by atoms with Crippen LogP contribution in [0.15, 0.2) is 81.5 Å². The fourth-order valence-electron chi connectivity index (χ4n) is 3.08. The topological polar surface area (TPSA) is 102 Å². The van der Waals surface area contributed by atoms with Crippen molar-refractivity contribution in [3.05, 3.63) is 81.8 Å². The van der Waals surface area contributed by atoms with Gasteiger partial charge >= 0.3 is 0 Å². The minimum absolute atomic E-state index is 0.0517. The number of amides is 1. The molecule has 3 aromatic carbocycles. The third kappa shape index (κ3) is 6.21. The van der Waals surface area contributed by atoms with Crippen molar-refractivity contribution in [3.63, 3.8) is 0 Å². The summed E-state index contributed by atoms with van der Waals surface area (Å²) in [5.74, 6) is 1.12. The van der Waals surface area contributed by atoms with E-state index in [0.717, 1.165) is 21.5 Å². The summed E-state index contributed by atoms with van der Waals surface area (Å²) in [7, 11) is 1.61. The van der Waals surface area contributed by atoms with Crippen LogP contribution in [0.2, 0.25) is 5.02 Å². The number of aromatic hydroxyl groups is 1. The Hall–Kier alpha value is -3.34. The SMILES string of the molecule is COc1ccc(-c2nnc(SCC(=O)N/N=C\c3cc(Br)ccc3O)n2-c2ccc(Cl)cc2)cc1. The fraction of sp³-hybridized carbons (Fsp3) is 0.0833. The lowest BCUT2D eigenvalue weighted by molar-refractivity contribution is -0.118. The second kappa shape index (κ2) is 11.4. The molecule has 0 radical (unpaired) electrons. The van der Waals surface area contributed by atoms with Gasteiger partial charge in [-0.2, -0.15) is 5.10 Å². The predicted molar refractivity (Wildman–Crippen MR) is 141 cm³/mol. The first kappa shape index (κ1) is 24.8.